The first-order valence-corrected chi connectivity index (χ1v) is 8.86. The molecule has 0 spiro atoms. The van der Waals surface area contributed by atoms with E-state index in [1.54, 1.807) is 11.3 Å². The number of anilines is 1. The summed E-state index contributed by atoms with van der Waals surface area (Å²) in [5, 5.41) is 17.6. The van der Waals surface area contributed by atoms with E-state index in [-0.39, 0.29) is 17.8 Å². The molecule has 1 aromatic heterocycles. The molecule has 3 N–H and O–H groups in total. The van der Waals surface area contributed by atoms with Crippen LogP contribution in [0.15, 0.2) is 18.2 Å². The number of thiophene rings is 1. The highest BCUT2D eigenvalue weighted by atomic mass is 32.1. The molecule has 0 radical (unpaired) electrons. The largest absolute Gasteiger partial charge is 0.507 e. The quantitative estimate of drug-likeness (QED) is 0.747. The van der Waals surface area contributed by atoms with Crippen LogP contribution in [0.5, 0.6) is 5.75 Å². The van der Waals surface area contributed by atoms with E-state index >= 15 is 0 Å². The van der Waals surface area contributed by atoms with Crippen LogP contribution < -0.4 is 10.6 Å². The molecule has 0 bridgehead atoms. The third-order valence-electron chi connectivity index (χ3n) is 4.87. The predicted octanol–water partition coefficient (Wildman–Crippen LogP) is 3.74. The molecule has 2 aliphatic rings. The van der Waals surface area contributed by atoms with Gasteiger partial charge in [-0.05, 0) is 43.2 Å². The Bertz CT molecular complexity index is 797. The number of fused-ring (bicyclic) bond motifs is 3. The average Bonchev–Trinajstić information content (AvgIpc) is 2.87. The van der Waals surface area contributed by atoms with Crippen molar-refractivity contribution < 1.29 is 9.90 Å². The molecule has 2 aromatic rings. The predicted molar refractivity (Wildman–Crippen MR) is 92.2 cm³/mol. The number of aromatic hydroxyl groups is 1. The van der Waals surface area contributed by atoms with Gasteiger partial charge in [-0.1, -0.05) is 25.1 Å². The first-order chi connectivity index (χ1) is 11.0. The van der Waals surface area contributed by atoms with Crippen molar-refractivity contribution in [3.05, 3.63) is 45.3 Å². The second-order valence-corrected chi connectivity index (χ2v) is 7.72. The lowest BCUT2D eigenvalue weighted by molar-refractivity contribution is 0.0935. The Hall–Kier alpha value is -2.01. The molecule has 1 amide bonds. The summed E-state index contributed by atoms with van der Waals surface area (Å²) in [7, 11) is 0. The highest BCUT2D eigenvalue weighted by Gasteiger charge is 2.33. The van der Waals surface area contributed by atoms with Crippen LogP contribution in [0, 0.1) is 12.8 Å². The van der Waals surface area contributed by atoms with E-state index in [4.69, 9.17) is 0 Å². The Labute approximate surface area is 139 Å². The fourth-order valence-corrected chi connectivity index (χ4v) is 4.97. The maximum atomic E-state index is 12.7. The van der Waals surface area contributed by atoms with Crippen molar-refractivity contribution in [2.45, 2.75) is 39.3 Å². The normalized spacial score (nSPS) is 22.8. The number of para-hydroxylation sites is 1. The van der Waals surface area contributed by atoms with Gasteiger partial charge < -0.3 is 15.7 Å². The third-order valence-corrected chi connectivity index (χ3v) is 6.06. The minimum Gasteiger partial charge on any atom is -0.507 e. The zero-order chi connectivity index (χ0) is 16.1. The molecular weight excluding hydrogens is 308 g/mol. The first-order valence-electron chi connectivity index (χ1n) is 8.05. The fraction of sp³-hybridized carbons (Fsp3) is 0.389. The number of phenols is 1. The SMILES string of the molecule is Cc1cccc([C@@H]2NC(=O)c3c(sc4c3CC[C@@H](C)C4)N2)c1O. The van der Waals surface area contributed by atoms with Crippen molar-refractivity contribution in [3.8, 4) is 5.75 Å². The van der Waals surface area contributed by atoms with Gasteiger partial charge in [0.1, 0.15) is 16.9 Å². The summed E-state index contributed by atoms with van der Waals surface area (Å²) >= 11 is 1.70. The lowest BCUT2D eigenvalue weighted by Crippen LogP contribution is -2.38. The van der Waals surface area contributed by atoms with Crippen molar-refractivity contribution in [1.82, 2.24) is 5.32 Å². The van der Waals surface area contributed by atoms with Crippen molar-refractivity contribution in [2.24, 2.45) is 5.92 Å². The Morgan fingerprint density at radius 2 is 2.13 bits per heavy atom. The number of rotatable bonds is 1. The average molecular weight is 328 g/mol. The van der Waals surface area contributed by atoms with E-state index in [0.717, 1.165) is 35.4 Å². The molecule has 0 saturated heterocycles. The molecule has 23 heavy (non-hydrogen) atoms. The molecule has 2 atom stereocenters. The van der Waals surface area contributed by atoms with Crippen LogP contribution in [-0.4, -0.2) is 11.0 Å². The van der Waals surface area contributed by atoms with E-state index in [1.807, 2.05) is 25.1 Å². The number of hydrogen-bond acceptors (Lipinski definition) is 4. The van der Waals surface area contributed by atoms with Crippen LogP contribution in [-0.2, 0) is 12.8 Å². The Kier molecular flexibility index (Phi) is 3.34. The van der Waals surface area contributed by atoms with Gasteiger partial charge in [-0.25, -0.2) is 0 Å². The number of phenolic OH excluding ortho intramolecular Hbond substituents is 1. The monoisotopic (exact) mass is 328 g/mol. The van der Waals surface area contributed by atoms with Crippen molar-refractivity contribution >= 4 is 22.2 Å². The summed E-state index contributed by atoms with van der Waals surface area (Å²) < 4.78 is 0. The number of hydrogen-bond donors (Lipinski definition) is 3. The molecule has 0 saturated carbocycles. The van der Waals surface area contributed by atoms with Gasteiger partial charge in [0, 0.05) is 10.4 Å². The fourth-order valence-electron chi connectivity index (χ4n) is 3.53. The van der Waals surface area contributed by atoms with Crippen LogP contribution >= 0.6 is 11.3 Å². The lowest BCUT2D eigenvalue weighted by atomic mass is 9.88. The number of amides is 1. The summed E-state index contributed by atoms with van der Waals surface area (Å²) in [5.74, 6) is 0.891. The number of carbonyl (C=O) groups is 1. The molecule has 1 aromatic carbocycles. The summed E-state index contributed by atoms with van der Waals surface area (Å²) in [6.45, 7) is 4.13. The van der Waals surface area contributed by atoms with Crippen LogP contribution in [0.3, 0.4) is 0 Å². The van der Waals surface area contributed by atoms with E-state index in [9.17, 15) is 9.90 Å². The minimum absolute atomic E-state index is 0.0308. The molecule has 4 nitrogen and oxygen atoms in total. The van der Waals surface area contributed by atoms with E-state index in [0.29, 0.717) is 11.5 Å². The molecule has 0 fully saturated rings. The summed E-state index contributed by atoms with van der Waals surface area (Å²) in [4.78, 5) is 14.0. The van der Waals surface area contributed by atoms with Crippen LogP contribution in [0.4, 0.5) is 5.00 Å². The summed E-state index contributed by atoms with van der Waals surface area (Å²) in [6.07, 6.45) is 2.80. The summed E-state index contributed by atoms with van der Waals surface area (Å²) in [6, 6.07) is 5.61. The summed E-state index contributed by atoms with van der Waals surface area (Å²) in [5.41, 5.74) is 3.56. The topological polar surface area (TPSA) is 61.4 Å². The molecule has 0 unspecified atom stereocenters. The van der Waals surface area contributed by atoms with Gasteiger partial charge in [0.05, 0.1) is 5.56 Å². The van der Waals surface area contributed by atoms with Gasteiger partial charge in [0.15, 0.2) is 0 Å². The number of carbonyl (C=O) groups excluding carboxylic acids is 1. The second-order valence-electron chi connectivity index (χ2n) is 6.62. The lowest BCUT2D eigenvalue weighted by Gasteiger charge is -2.27. The van der Waals surface area contributed by atoms with Gasteiger partial charge in [-0.2, -0.15) is 0 Å². The minimum atomic E-state index is -0.382. The van der Waals surface area contributed by atoms with E-state index < -0.39 is 0 Å². The Morgan fingerprint density at radius 3 is 2.96 bits per heavy atom. The standard InChI is InChI=1S/C18H20N2O2S/c1-9-6-7-11-13(8-9)23-18-14(11)17(22)19-16(20-18)12-5-3-4-10(2)15(12)21/h3-5,9,16,20-21H,6-8H2,1-2H3,(H,19,22)/t9-,16-/m1/s1. The highest BCUT2D eigenvalue weighted by molar-refractivity contribution is 7.16. The molecule has 4 rings (SSSR count). The van der Waals surface area contributed by atoms with Crippen LogP contribution in [0.1, 0.15) is 51.4 Å². The molecule has 5 heteroatoms. The smallest absolute Gasteiger partial charge is 0.256 e. The molecule has 120 valence electrons. The zero-order valence-corrected chi connectivity index (χ0v) is 14.1. The maximum absolute atomic E-state index is 12.7. The number of benzene rings is 1. The third kappa shape index (κ3) is 2.30. The van der Waals surface area contributed by atoms with E-state index in [2.05, 4.69) is 17.6 Å². The van der Waals surface area contributed by atoms with E-state index in [1.165, 1.54) is 10.4 Å². The van der Waals surface area contributed by atoms with Gasteiger partial charge in [-0.15, -0.1) is 11.3 Å². The van der Waals surface area contributed by atoms with Crippen LogP contribution in [0.25, 0.3) is 0 Å². The molecule has 1 aliphatic heterocycles. The Balaban J connectivity index is 1.73. The van der Waals surface area contributed by atoms with Crippen molar-refractivity contribution in [3.63, 3.8) is 0 Å². The van der Waals surface area contributed by atoms with Crippen LogP contribution in [0.2, 0.25) is 0 Å². The Morgan fingerprint density at radius 1 is 1.30 bits per heavy atom. The number of nitrogens with one attached hydrogen (secondary N) is 2. The zero-order valence-electron chi connectivity index (χ0n) is 13.3. The highest BCUT2D eigenvalue weighted by Crippen LogP contribution is 2.43. The van der Waals surface area contributed by atoms with Gasteiger partial charge in [0.2, 0.25) is 0 Å². The number of aryl methyl sites for hydroxylation is 1. The second kappa shape index (κ2) is 5.27. The molecule has 1 aliphatic carbocycles. The van der Waals surface area contributed by atoms with Gasteiger partial charge >= 0.3 is 0 Å². The van der Waals surface area contributed by atoms with Gasteiger partial charge in [0.25, 0.3) is 5.91 Å². The molecular formula is C18H20N2O2S. The molecule has 2 heterocycles. The first kappa shape index (κ1) is 14.6. The maximum Gasteiger partial charge on any atom is 0.256 e. The van der Waals surface area contributed by atoms with Gasteiger partial charge in [-0.3, -0.25) is 4.79 Å². The van der Waals surface area contributed by atoms with Crippen molar-refractivity contribution in [1.29, 1.82) is 0 Å². The van der Waals surface area contributed by atoms with Crippen molar-refractivity contribution in [2.75, 3.05) is 5.32 Å².